The smallest absolute Gasteiger partial charge is 0.317 e. The van der Waals surface area contributed by atoms with E-state index in [1.807, 2.05) is 20.8 Å². The highest BCUT2D eigenvalue weighted by Crippen LogP contribution is 2.13. The van der Waals surface area contributed by atoms with Crippen LogP contribution in [0.4, 0.5) is 9.18 Å². The number of hydrogen-bond donors (Lipinski definition) is 2. The van der Waals surface area contributed by atoms with Crippen LogP contribution in [0.5, 0.6) is 0 Å². The number of carbonyl (C=O) groups excluding carboxylic acids is 2. The van der Waals surface area contributed by atoms with E-state index in [1.165, 1.54) is 24.3 Å². The topological polar surface area (TPSA) is 61.4 Å². The first-order valence-electron chi connectivity index (χ1n) is 7.88. The number of carbonyl (C=O) groups is 2. The minimum atomic E-state index is -0.361. The fourth-order valence-corrected chi connectivity index (χ4v) is 2.50. The van der Waals surface area contributed by atoms with Crippen molar-refractivity contribution in [3.63, 3.8) is 0 Å². The summed E-state index contributed by atoms with van der Waals surface area (Å²) in [4.78, 5) is 26.0. The number of benzene rings is 1. The molecule has 1 saturated heterocycles. The lowest BCUT2D eigenvalue weighted by atomic mass is 10.0. The van der Waals surface area contributed by atoms with Crippen molar-refractivity contribution in [2.45, 2.75) is 45.2 Å². The molecule has 0 spiro atoms. The van der Waals surface area contributed by atoms with E-state index >= 15 is 0 Å². The zero-order valence-corrected chi connectivity index (χ0v) is 13.9. The Kier molecular flexibility index (Phi) is 5.23. The monoisotopic (exact) mass is 321 g/mol. The Labute approximate surface area is 136 Å². The lowest BCUT2D eigenvalue weighted by Gasteiger charge is -2.34. The van der Waals surface area contributed by atoms with Crippen molar-refractivity contribution in [3.8, 4) is 0 Å². The van der Waals surface area contributed by atoms with E-state index in [2.05, 4.69) is 10.6 Å². The second-order valence-corrected chi connectivity index (χ2v) is 6.92. The number of hydrogen-bond acceptors (Lipinski definition) is 2. The van der Waals surface area contributed by atoms with Gasteiger partial charge >= 0.3 is 6.03 Å². The third-order valence-corrected chi connectivity index (χ3v) is 3.71. The predicted octanol–water partition coefficient (Wildman–Crippen LogP) is 2.53. The van der Waals surface area contributed by atoms with Gasteiger partial charge in [0.1, 0.15) is 5.82 Å². The summed E-state index contributed by atoms with van der Waals surface area (Å²) in [5.41, 5.74) is 0.185. The predicted molar refractivity (Wildman–Crippen MR) is 86.7 cm³/mol. The highest BCUT2D eigenvalue weighted by molar-refractivity contribution is 5.94. The maximum atomic E-state index is 12.9. The van der Waals surface area contributed by atoms with Crippen molar-refractivity contribution in [2.75, 3.05) is 13.1 Å². The molecule has 0 saturated carbocycles. The molecule has 0 bridgehead atoms. The number of nitrogens with one attached hydrogen (secondary N) is 2. The summed E-state index contributed by atoms with van der Waals surface area (Å²) in [5.74, 6) is -0.567. The lowest BCUT2D eigenvalue weighted by molar-refractivity contribution is 0.0917. The molecule has 1 heterocycles. The van der Waals surface area contributed by atoms with E-state index in [-0.39, 0.29) is 29.3 Å². The van der Waals surface area contributed by atoms with Crippen LogP contribution in [0.15, 0.2) is 24.3 Å². The first-order chi connectivity index (χ1) is 10.7. The zero-order chi connectivity index (χ0) is 17.0. The van der Waals surface area contributed by atoms with Crippen molar-refractivity contribution in [2.24, 2.45) is 0 Å². The fourth-order valence-electron chi connectivity index (χ4n) is 2.50. The van der Waals surface area contributed by atoms with Gasteiger partial charge in [0, 0.05) is 30.2 Å². The fraction of sp³-hybridized carbons (Fsp3) is 0.529. The number of urea groups is 1. The van der Waals surface area contributed by atoms with Crippen molar-refractivity contribution >= 4 is 11.9 Å². The van der Waals surface area contributed by atoms with Crippen LogP contribution < -0.4 is 10.6 Å². The van der Waals surface area contributed by atoms with E-state index in [0.717, 1.165) is 0 Å². The van der Waals surface area contributed by atoms with Gasteiger partial charge in [0.05, 0.1) is 0 Å². The Morgan fingerprint density at radius 3 is 2.22 bits per heavy atom. The van der Waals surface area contributed by atoms with Gasteiger partial charge in [0.25, 0.3) is 5.91 Å². The molecule has 1 aliphatic rings. The largest absolute Gasteiger partial charge is 0.349 e. The Morgan fingerprint density at radius 1 is 1.13 bits per heavy atom. The molecule has 1 fully saturated rings. The molecule has 5 nitrogen and oxygen atoms in total. The van der Waals surface area contributed by atoms with Gasteiger partial charge in [-0.25, -0.2) is 9.18 Å². The number of likely N-dealkylation sites (tertiary alicyclic amines) is 1. The van der Waals surface area contributed by atoms with Crippen LogP contribution in [0.1, 0.15) is 44.0 Å². The molecule has 23 heavy (non-hydrogen) atoms. The number of nitrogens with zero attached hydrogens (tertiary/aromatic N) is 1. The second-order valence-electron chi connectivity index (χ2n) is 6.92. The van der Waals surface area contributed by atoms with Crippen LogP contribution in [0.2, 0.25) is 0 Å². The Morgan fingerprint density at radius 2 is 1.70 bits per heavy atom. The van der Waals surface area contributed by atoms with Crippen LogP contribution in [0.25, 0.3) is 0 Å². The summed E-state index contributed by atoms with van der Waals surface area (Å²) >= 11 is 0. The molecular formula is C17H24FN3O2. The molecule has 2 rings (SSSR count). The molecule has 0 radical (unpaired) electrons. The summed E-state index contributed by atoms with van der Waals surface area (Å²) in [6.07, 6.45) is 1.43. The minimum absolute atomic E-state index is 0.0336. The van der Waals surface area contributed by atoms with Gasteiger partial charge in [-0.2, -0.15) is 0 Å². The molecule has 1 aliphatic heterocycles. The van der Waals surface area contributed by atoms with Crippen LogP contribution in [0.3, 0.4) is 0 Å². The van der Waals surface area contributed by atoms with Crippen molar-refractivity contribution in [1.29, 1.82) is 0 Å². The van der Waals surface area contributed by atoms with E-state index in [0.29, 0.717) is 31.5 Å². The molecule has 0 unspecified atom stereocenters. The van der Waals surface area contributed by atoms with Gasteiger partial charge in [-0.3, -0.25) is 4.79 Å². The average molecular weight is 321 g/mol. The highest BCUT2D eigenvalue weighted by Gasteiger charge is 2.26. The van der Waals surface area contributed by atoms with Crippen molar-refractivity contribution in [3.05, 3.63) is 35.6 Å². The van der Waals surface area contributed by atoms with Gasteiger partial charge in [-0.05, 0) is 57.9 Å². The van der Waals surface area contributed by atoms with Gasteiger partial charge in [-0.15, -0.1) is 0 Å². The third kappa shape index (κ3) is 5.23. The number of piperidine rings is 1. The first-order valence-corrected chi connectivity index (χ1v) is 7.88. The number of amides is 3. The molecule has 1 aromatic carbocycles. The van der Waals surface area contributed by atoms with Crippen LogP contribution in [-0.4, -0.2) is 41.5 Å². The Balaban J connectivity index is 1.81. The van der Waals surface area contributed by atoms with E-state index < -0.39 is 0 Å². The summed E-state index contributed by atoms with van der Waals surface area (Å²) in [6.45, 7) is 7.05. The van der Waals surface area contributed by atoms with Gasteiger partial charge in [0.15, 0.2) is 0 Å². The highest BCUT2D eigenvalue weighted by atomic mass is 19.1. The van der Waals surface area contributed by atoms with Crippen LogP contribution >= 0.6 is 0 Å². The Bertz CT molecular complexity index is 558. The number of halogens is 1. The van der Waals surface area contributed by atoms with Crippen LogP contribution in [-0.2, 0) is 0 Å². The molecule has 6 heteroatoms. The molecule has 0 atom stereocenters. The average Bonchev–Trinajstić information content (AvgIpc) is 2.46. The molecule has 2 N–H and O–H groups in total. The normalized spacial score (nSPS) is 16.1. The summed E-state index contributed by atoms with van der Waals surface area (Å²) in [7, 11) is 0. The van der Waals surface area contributed by atoms with Gasteiger partial charge in [0.2, 0.25) is 0 Å². The van der Waals surface area contributed by atoms with E-state index in [9.17, 15) is 14.0 Å². The van der Waals surface area contributed by atoms with Crippen LogP contribution in [0, 0.1) is 5.82 Å². The van der Waals surface area contributed by atoms with Gasteiger partial charge < -0.3 is 15.5 Å². The standard InChI is InChI=1S/C17H24FN3O2/c1-17(2,3)20-16(23)21-10-8-14(9-11-21)19-15(22)12-4-6-13(18)7-5-12/h4-7,14H,8-11H2,1-3H3,(H,19,22)(H,20,23). The maximum Gasteiger partial charge on any atom is 0.317 e. The quantitative estimate of drug-likeness (QED) is 0.879. The third-order valence-electron chi connectivity index (χ3n) is 3.71. The summed E-state index contributed by atoms with van der Waals surface area (Å²) in [6, 6.07) is 5.45. The lowest BCUT2D eigenvalue weighted by Crippen LogP contribution is -2.53. The second kappa shape index (κ2) is 6.98. The molecule has 1 aromatic rings. The Hall–Kier alpha value is -2.11. The first kappa shape index (κ1) is 17.2. The molecule has 126 valence electrons. The van der Waals surface area contributed by atoms with Crippen molar-refractivity contribution < 1.29 is 14.0 Å². The summed E-state index contributed by atoms with van der Waals surface area (Å²) < 4.78 is 12.9. The number of rotatable bonds is 2. The van der Waals surface area contributed by atoms with E-state index in [4.69, 9.17) is 0 Å². The molecule has 0 aromatic heterocycles. The van der Waals surface area contributed by atoms with Crippen molar-refractivity contribution in [1.82, 2.24) is 15.5 Å². The minimum Gasteiger partial charge on any atom is -0.349 e. The zero-order valence-electron chi connectivity index (χ0n) is 13.9. The summed E-state index contributed by atoms with van der Waals surface area (Å²) in [5, 5.41) is 5.88. The molecular weight excluding hydrogens is 297 g/mol. The molecule has 0 aliphatic carbocycles. The maximum absolute atomic E-state index is 12.9. The van der Waals surface area contributed by atoms with Gasteiger partial charge in [-0.1, -0.05) is 0 Å². The SMILES string of the molecule is CC(C)(C)NC(=O)N1CCC(NC(=O)c2ccc(F)cc2)CC1. The molecule has 3 amide bonds. The van der Waals surface area contributed by atoms with E-state index in [1.54, 1.807) is 4.90 Å².